The minimum atomic E-state index is -0.818. The number of benzene rings is 1. The molecule has 2 rings (SSSR count). The fourth-order valence-electron chi connectivity index (χ4n) is 2.74. The van der Waals surface area contributed by atoms with Crippen molar-refractivity contribution in [2.75, 3.05) is 26.8 Å². The normalized spacial score (nSPS) is 17.8. The Morgan fingerprint density at radius 3 is 2.35 bits per heavy atom. The number of aliphatic hydroxyl groups is 1. The maximum absolute atomic E-state index is 12.4. The van der Waals surface area contributed by atoms with Gasteiger partial charge in [-0.3, -0.25) is 4.79 Å². The van der Waals surface area contributed by atoms with Crippen molar-refractivity contribution in [2.24, 2.45) is 0 Å². The molecule has 0 aromatic heterocycles. The molecular weight excluding hydrogens is 254 g/mol. The van der Waals surface area contributed by atoms with Crippen LogP contribution in [0.4, 0.5) is 0 Å². The second-order valence-electron chi connectivity index (χ2n) is 5.87. The van der Waals surface area contributed by atoms with Crippen molar-refractivity contribution in [3.8, 4) is 0 Å². The number of aryl methyl sites for hydroxylation is 2. The van der Waals surface area contributed by atoms with E-state index in [9.17, 15) is 9.90 Å². The van der Waals surface area contributed by atoms with Gasteiger partial charge in [-0.25, -0.2) is 0 Å². The summed E-state index contributed by atoms with van der Waals surface area (Å²) in [7, 11) is 1.74. The Kier molecular flexibility index (Phi) is 4.45. The highest BCUT2D eigenvalue weighted by Crippen LogP contribution is 2.22. The molecule has 0 atom stereocenters. The molecule has 1 saturated heterocycles. The number of nitrogens with zero attached hydrogens (tertiary/aromatic N) is 1. The van der Waals surface area contributed by atoms with Crippen LogP contribution in [0.3, 0.4) is 0 Å². The molecule has 4 nitrogen and oxygen atoms in total. The van der Waals surface area contributed by atoms with E-state index in [0.717, 1.165) is 11.1 Å². The predicted molar refractivity (Wildman–Crippen MR) is 77.9 cm³/mol. The van der Waals surface area contributed by atoms with Crippen LogP contribution in [0.25, 0.3) is 0 Å². The molecule has 0 aliphatic carbocycles. The molecule has 0 spiro atoms. The summed E-state index contributed by atoms with van der Waals surface area (Å²) in [4.78, 5) is 14.1. The summed E-state index contributed by atoms with van der Waals surface area (Å²) in [5, 5.41) is 10.5. The van der Waals surface area contributed by atoms with Gasteiger partial charge >= 0.3 is 0 Å². The third-order valence-electron chi connectivity index (χ3n) is 3.77. The van der Waals surface area contributed by atoms with Gasteiger partial charge in [0.1, 0.15) is 0 Å². The number of carbonyl (C=O) groups excluding carboxylic acids is 1. The maximum atomic E-state index is 12.4. The van der Waals surface area contributed by atoms with Crippen molar-refractivity contribution in [2.45, 2.75) is 32.3 Å². The Morgan fingerprint density at radius 1 is 1.25 bits per heavy atom. The smallest absolute Gasteiger partial charge is 0.253 e. The van der Waals surface area contributed by atoms with Gasteiger partial charge in [-0.15, -0.1) is 0 Å². The molecule has 1 aromatic rings. The molecule has 1 N–H and O–H groups in total. The van der Waals surface area contributed by atoms with Crippen molar-refractivity contribution in [1.29, 1.82) is 0 Å². The Bertz CT molecular complexity index is 472. The third kappa shape index (κ3) is 3.58. The van der Waals surface area contributed by atoms with Crippen LogP contribution in [0, 0.1) is 13.8 Å². The first-order valence-electron chi connectivity index (χ1n) is 7.03. The number of amides is 1. The van der Waals surface area contributed by atoms with E-state index < -0.39 is 5.60 Å². The zero-order valence-corrected chi connectivity index (χ0v) is 12.5. The van der Waals surface area contributed by atoms with Gasteiger partial charge in [0, 0.05) is 45.2 Å². The Morgan fingerprint density at radius 2 is 1.80 bits per heavy atom. The standard InChI is InChI=1S/C16H23NO3/c1-12-8-13(2)10-14(9-12)15(18)17(3)11-16(19)4-6-20-7-5-16/h8-10,19H,4-7,11H2,1-3H3. The largest absolute Gasteiger partial charge is 0.388 e. The molecule has 1 amide bonds. The predicted octanol–water partition coefficient (Wildman–Crippen LogP) is 1.92. The van der Waals surface area contributed by atoms with Gasteiger partial charge in [-0.1, -0.05) is 17.2 Å². The summed E-state index contributed by atoms with van der Waals surface area (Å²) >= 11 is 0. The summed E-state index contributed by atoms with van der Waals surface area (Å²) in [6, 6.07) is 5.82. The third-order valence-corrected chi connectivity index (χ3v) is 3.77. The minimum Gasteiger partial charge on any atom is -0.388 e. The van der Waals surface area contributed by atoms with Gasteiger partial charge in [0.05, 0.1) is 5.60 Å². The summed E-state index contributed by atoms with van der Waals surface area (Å²) in [5.41, 5.74) is 2.01. The number of ether oxygens (including phenoxy) is 1. The molecule has 1 fully saturated rings. The lowest BCUT2D eigenvalue weighted by atomic mass is 9.93. The Labute approximate surface area is 120 Å². The van der Waals surface area contributed by atoms with Crippen LogP contribution in [0.2, 0.25) is 0 Å². The molecule has 4 heteroatoms. The highest BCUT2D eigenvalue weighted by atomic mass is 16.5. The van der Waals surface area contributed by atoms with Crippen molar-refractivity contribution >= 4 is 5.91 Å². The number of likely N-dealkylation sites (N-methyl/N-ethyl adjacent to an activating group) is 1. The second-order valence-corrected chi connectivity index (χ2v) is 5.87. The van der Waals surface area contributed by atoms with E-state index in [1.54, 1.807) is 11.9 Å². The van der Waals surface area contributed by atoms with Gasteiger partial charge in [0.15, 0.2) is 0 Å². The van der Waals surface area contributed by atoms with Crippen LogP contribution in [-0.4, -0.2) is 48.3 Å². The highest BCUT2D eigenvalue weighted by molar-refractivity contribution is 5.94. The average Bonchev–Trinajstić information content (AvgIpc) is 2.37. The number of hydrogen-bond acceptors (Lipinski definition) is 3. The Balaban J connectivity index is 2.08. The lowest BCUT2D eigenvalue weighted by Gasteiger charge is -2.35. The van der Waals surface area contributed by atoms with E-state index in [2.05, 4.69) is 0 Å². The first-order chi connectivity index (χ1) is 9.39. The molecule has 0 unspecified atom stereocenters. The second kappa shape index (κ2) is 5.94. The van der Waals surface area contributed by atoms with Crippen molar-refractivity contribution in [3.05, 3.63) is 34.9 Å². The molecule has 1 heterocycles. The molecular formula is C16H23NO3. The van der Waals surface area contributed by atoms with Crippen LogP contribution >= 0.6 is 0 Å². The maximum Gasteiger partial charge on any atom is 0.253 e. The van der Waals surface area contributed by atoms with E-state index in [0.29, 0.717) is 38.2 Å². The van der Waals surface area contributed by atoms with Gasteiger partial charge in [-0.05, 0) is 26.0 Å². The molecule has 20 heavy (non-hydrogen) atoms. The monoisotopic (exact) mass is 277 g/mol. The molecule has 1 aliphatic heterocycles. The minimum absolute atomic E-state index is 0.0447. The fourth-order valence-corrected chi connectivity index (χ4v) is 2.74. The van der Waals surface area contributed by atoms with Gasteiger partial charge < -0.3 is 14.7 Å². The van der Waals surface area contributed by atoms with E-state index >= 15 is 0 Å². The first-order valence-corrected chi connectivity index (χ1v) is 7.03. The van der Waals surface area contributed by atoms with E-state index in [-0.39, 0.29) is 5.91 Å². The summed E-state index contributed by atoms with van der Waals surface area (Å²) in [5.74, 6) is -0.0447. The van der Waals surface area contributed by atoms with Crippen LogP contribution in [0.15, 0.2) is 18.2 Å². The number of hydrogen-bond donors (Lipinski definition) is 1. The lowest BCUT2D eigenvalue weighted by Crippen LogP contribution is -2.47. The molecule has 0 bridgehead atoms. The summed E-state index contributed by atoms with van der Waals surface area (Å²) in [6.45, 7) is 5.43. The summed E-state index contributed by atoms with van der Waals surface area (Å²) in [6.07, 6.45) is 1.16. The molecule has 0 saturated carbocycles. The van der Waals surface area contributed by atoms with Crippen molar-refractivity contribution in [1.82, 2.24) is 4.90 Å². The first kappa shape index (κ1) is 15.0. The van der Waals surface area contributed by atoms with Crippen LogP contribution in [0.5, 0.6) is 0 Å². The van der Waals surface area contributed by atoms with Crippen molar-refractivity contribution < 1.29 is 14.6 Å². The van der Waals surface area contributed by atoms with Crippen LogP contribution in [0.1, 0.15) is 34.3 Å². The Hall–Kier alpha value is -1.39. The van der Waals surface area contributed by atoms with Gasteiger partial charge in [-0.2, -0.15) is 0 Å². The molecule has 1 aliphatic rings. The molecule has 110 valence electrons. The molecule has 1 aromatic carbocycles. The fraction of sp³-hybridized carbons (Fsp3) is 0.562. The van der Waals surface area contributed by atoms with Gasteiger partial charge in [0.25, 0.3) is 5.91 Å². The van der Waals surface area contributed by atoms with E-state index in [4.69, 9.17) is 4.74 Å². The van der Waals surface area contributed by atoms with E-state index in [1.807, 2.05) is 32.0 Å². The van der Waals surface area contributed by atoms with Crippen LogP contribution in [-0.2, 0) is 4.74 Å². The van der Waals surface area contributed by atoms with Crippen LogP contribution < -0.4 is 0 Å². The zero-order valence-electron chi connectivity index (χ0n) is 12.5. The van der Waals surface area contributed by atoms with Crippen molar-refractivity contribution in [3.63, 3.8) is 0 Å². The topological polar surface area (TPSA) is 49.8 Å². The lowest BCUT2D eigenvalue weighted by molar-refractivity contribution is -0.0734. The van der Waals surface area contributed by atoms with Gasteiger partial charge in [0.2, 0.25) is 0 Å². The van der Waals surface area contributed by atoms with E-state index in [1.165, 1.54) is 0 Å². The molecule has 0 radical (unpaired) electrons. The highest BCUT2D eigenvalue weighted by Gasteiger charge is 2.32. The zero-order chi connectivity index (χ0) is 14.8. The number of rotatable bonds is 3. The summed E-state index contributed by atoms with van der Waals surface area (Å²) < 4.78 is 5.26. The number of carbonyl (C=O) groups is 1. The quantitative estimate of drug-likeness (QED) is 0.918. The SMILES string of the molecule is Cc1cc(C)cc(C(=O)N(C)CC2(O)CCOCC2)c1. The average molecular weight is 277 g/mol.